The molecule has 0 aromatic heterocycles. The first-order chi connectivity index (χ1) is 6.40. The monoisotopic (exact) mass is 198 g/mol. The largest absolute Gasteiger partial charge is 0.345 e. The third-order valence-corrected chi connectivity index (χ3v) is 2.01. The Morgan fingerprint density at radius 3 is 2.21 bits per heavy atom. The molecule has 1 amide bonds. The fourth-order valence-electron chi connectivity index (χ4n) is 0.860. The summed E-state index contributed by atoms with van der Waals surface area (Å²) in [7, 11) is 0. The standard InChI is InChI=1S/C10H18N2O2/c1-5-8(13)7(4)12-10(14)9(11)6(2)3/h5-7,9H,1,11H2,2-4H3,(H,12,14). The summed E-state index contributed by atoms with van der Waals surface area (Å²) in [5.74, 6) is -0.460. The highest BCUT2D eigenvalue weighted by Gasteiger charge is 2.20. The molecule has 0 aliphatic carbocycles. The Morgan fingerprint density at radius 1 is 1.36 bits per heavy atom. The molecule has 0 aromatic carbocycles. The molecular formula is C10H18N2O2. The molecule has 0 spiro atoms. The fourth-order valence-corrected chi connectivity index (χ4v) is 0.860. The Labute approximate surface area is 84.5 Å². The number of rotatable bonds is 5. The molecular weight excluding hydrogens is 180 g/mol. The minimum Gasteiger partial charge on any atom is -0.345 e. The molecule has 14 heavy (non-hydrogen) atoms. The number of ketones is 1. The van der Waals surface area contributed by atoms with Crippen molar-refractivity contribution in [2.45, 2.75) is 32.9 Å². The number of amides is 1. The summed E-state index contributed by atoms with van der Waals surface area (Å²) >= 11 is 0. The van der Waals surface area contributed by atoms with Crippen LogP contribution in [0.1, 0.15) is 20.8 Å². The van der Waals surface area contributed by atoms with Crippen LogP contribution in [0.4, 0.5) is 0 Å². The summed E-state index contributed by atoms with van der Waals surface area (Å²) in [6, 6.07) is -1.13. The van der Waals surface area contributed by atoms with Crippen LogP contribution in [0.3, 0.4) is 0 Å². The normalized spacial score (nSPS) is 14.6. The van der Waals surface area contributed by atoms with Crippen LogP contribution in [0, 0.1) is 5.92 Å². The molecule has 0 fully saturated rings. The number of hydrogen-bond acceptors (Lipinski definition) is 3. The maximum Gasteiger partial charge on any atom is 0.237 e. The number of nitrogens with one attached hydrogen (secondary N) is 1. The molecule has 0 heterocycles. The summed E-state index contributed by atoms with van der Waals surface area (Å²) in [4.78, 5) is 22.5. The van der Waals surface area contributed by atoms with E-state index in [9.17, 15) is 9.59 Å². The average Bonchev–Trinajstić information content (AvgIpc) is 2.14. The third-order valence-electron chi connectivity index (χ3n) is 2.01. The molecule has 0 radical (unpaired) electrons. The van der Waals surface area contributed by atoms with Gasteiger partial charge in [0.05, 0.1) is 12.1 Å². The molecule has 0 aliphatic heterocycles. The smallest absolute Gasteiger partial charge is 0.237 e. The summed E-state index contributed by atoms with van der Waals surface area (Å²) in [6.45, 7) is 8.65. The summed E-state index contributed by atoms with van der Waals surface area (Å²) in [5.41, 5.74) is 5.60. The summed E-state index contributed by atoms with van der Waals surface area (Å²) in [6.07, 6.45) is 1.19. The second-order valence-electron chi connectivity index (χ2n) is 3.61. The molecule has 0 aliphatic rings. The van der Waals surface area contributed by atoms with Crippen molar-refractivity contribution >= 4 is 11.7 Å². The zero-order chi connectivity index (χ0) is 11.3. The van der Waals surface area contributed by atoms with Crippen LogP contribution < -0.4 is 11.1 Å². The van der Waals surface area contributed by atoms with Crippen molar-refractivity contribution in [3.63, 3.8) is 0 Å². The van der Waals surface area contributed by atoms with Gasteiger partial charge >= 0.3 is 0 Å². The third kappa shape index (κ3) is 3.70. The zero-order valence-electron chi connectivity index (χ0n) is 8.91. The minimum atomic E-state index is -0.574. The predicted molar refractivity (Wildman–Crippen MR) is 55.6 cm³/mol. The molecule has 0 saturated carbocycles. The van der Waals surface area contributed by atoms with E-state index in [0.717, 1.165) is 0 Å². The van der Waals surface area contributed by atoms with Crippen LogP contribution in [-0.4, -0.2) is 23.8 Å². The van der Waals surface area contributed by atoms with Gasteiger partial charge in [0.1, 0.15) is 0 Å². The van der Waals surface area contributed by atoms with Gasteiger partial charge in [0.15, 0.2) is 5.78 Å². The highest BCUT2D eigenvalue weighted by molar-refractivity contribution is 5.96. The second-order valence-corrected chi connectivity index (χ2v) is 3.61. The van der Waals surface area contributed by atoms with Gasteiger partial charge in [0, 0.05) is 0 Å². The Balaban J connectivity index is 4.19. The van der Waals surface area contributed by atoms with E-state index < -0.39 is 12.1 Å². The first-order valence-corrected chi connectivity index (χ1v) is 4.62. The van der Waals surface area contributed by atoms with Gasteiger partial charge < -0.3 is 11.1 Å². The SMILES string of the molecule is C=CC(=O)C(C)NC(=O)C(N)C(C)C. The van der Waals surface area contributed by atoms with E-state index in [4.69, 9.17) is 5.73 Å². The maximum atomic E-state index is 11.4. The molecule has 4 nitrogen and oxygen atoms in total. The zero-order valence-corrected chi connectivity index (χ0v) is 8.91. The van der Waals surface area contributed by atoms with Gasteiger partial charge in [-0.15, -0.1) is 0 Å². The number of hydrogen-bond donors (Lipinski definition) is 2. The number of carbonyl (C=O) groups is 2. The Bertz CT molecular complexity index is 236. The Morgan fingerprint density at radius 2 is 1.86 bits per heavy atom. The topological polar surface area (TPSA) is 72.2 Å². The highest BCUT2D eigenvalue weighted by Crippen LogP contribution is 1.98. The van der Waals surface area contributed by atoms with Crippen LogP contribution in [0.5, 0.6) is 0 Å². The Kier molecular flexibility index (Phi) is 5.09. The van der Waals surface area contributed by atoms with E-state index in [1.165, 1.54) is 6.08 Å². The van der Waals surface area contributed by atoms with E-state index in [-0.39, 0.29) is 17.6 Å². The molecule has 2 unspecified atom stereocenters. The first-order valence-electron chi connectivity index (χ1n) is 4.62. The summed E-state index contributed by atoms with van der Waals surface area (Å²) in [5, 5.41) is 2.53. The van der Waals surface area contributed by atoms with Crippen molar-refractivity contribution in [3.05, 3.63) is 12.7 Å². The molecule has 80 valence electrons. The second kappa shape index (κ2) is 5.54. The number of nitrogens with two attached hydrogens (primary N) is 1. The minimum absolute atomic E-state index is 0.0565. The van der Waals surface area contributed by atoms with Gasteiger partial charge in [-0.25, -0.2) is 0 Å². The van der Waals surface area contributed by atoms with Crippen molar-refractivity contribution in [1.29, 1.82) is 0 Å². The van der Waals surface area contributed by atoms with E-state index in [2.05, 4.69) is 11.9 Å². The van der Waals surface area contributed by atoms with Gasteiger partial charge in [-0.2, -0.15) is 0 Å². The van der Waals surface area contributed by atoms with Crippen LogP contribution in [-0.2, 0) is 9.59 Å². The molecule has 4 heteroatoms. The molecule has 0 bridgehead atoms. The van der Waals surface area contributed by atoms with Crippen molar-refractivity contribution in [3.8, 4) is 0 Å². The Hall–Kier alpha value is -1.16. The van der Waals surface area contributed by atoms with Crippen LogP contribution in [0.15, 0.2) is 12.7 Å². The van der Waals surface area contributed by atoms with Gasteiger partial charge in [0.25, 0.3) is 0 Å². The van der Waals surface area contributed by atoms with Crippen LogP contribution in [0.2, 0.25) is 0 Å². The number of carbonyl (C=O) groups excluding carboxylic acids is 2. The van der Waals surface area contributed by atoms with E-state index in [1.54, 1.807) is 6.92 Å². The molecule has 0 aromatic rings. The molecule has 3 N–H and O–H groups in total. The lowest BCUT2D eigenvalue weighted by atomic mass is 10.0. The van der Waals surface area contributed by atoms with Crippen LogP contribution >= 0.6 is 0 Å². The fraction of sp³-hybridized carbons (Fsp3) is 0.600. The molecule has 0 saturated heterocycles. The lowest BCUT2D eigenvalue weighted by molar-refractivity contribution is -0.127. The lowest BCUT2D eigenvalue weighted by Gasteiger charge is -2.17. The lowest BCUT2D eigenvalue weighted by Crippen LogP contribution is -2.48. The first kappa shape index (κ1) is 12.8. The average molecular weight is 198 g/mol. The van der Waals surface area contributed by atoms with E-state index in [0.29, 0.717) is 0 Å². The van der Waals surface area contributed by atoms with Crippen LogP contribution in [0.25, 0.3) is 0 Å². The van der Waals surface area contributed by atoms with Crippen molar-refractivity contribution in [1.82, 2.24) is 5.32 Å². The van der Waals surface area contributed by atoms with Crippen molar-refractivity contribution in [2.75, 3.05) is 0 Å². The summed E-state index contributed by atoms with van der Waals surface area (Å²) < 4.78 is 0. The molecule has 2 atom stereocenters. The van der Waals surface area contributed by atoms with Gasteiger partial charge in [-0.05, 0) is 18.9 Å². The van der Waals surface area contributed by atoms with Gasteiger partial charge in [0.2, 0.25) is 5.91 Å². The van der Waals surface area contributed by atoms with E-state index in [1.807, 2.05) is 13.8 Å². The van der Waals surface area contributed by atoms with Crippen molar-refractivity contribution in [2.24, 2.45) is 11.7 Å². The highest BCUT2D eigenvalue weighted by atomic mass is 16.2. The predicted octanol–water partition coefficient (Wildman–Crippen LogP) is 0.229. The van der Waals surface area contributed by atoms with Gasteiger partial charge in [-0.3, -0.25) is 9.59 Å². The maximum absolute atomic E-state index is 11.4. The molecule has 0 rings (SSSR count). The van der Waals surface area contributed by atoms with Gasteiger partial charge in [-0.1, -0.05) is 20.4 Å². The quantitative estimate of drug-likeness (QED) is 0.621. The van der Waals surface area contributed by atoms with E-state index >= 15 is 0 Å². The van der Waals surface area contributed by atoms with Crippen molar-refractivity contribution < 1.29 is 9.59 Å².